The summed E-state index contributed by atoms with van der Waals surface area (Å²) in [6.07, 6.45) is 4.80. The minimum absolute atomic E-state index is 0.152. The molecule has 3 N–H and O–H groups in total. The molecule has 0 aliphatic rings. The average Bonchev–Trinajstić information content (AvgIpc) is 3.01. The zero-order chi connectivity index (χ0) is 32.2. The van der Waals surface area contributed by atoms with Crippen LogP contribution in [0.5, 0.6) is 0 Å². The van der Waals surface area contributed by atoms with Crippen molar-refractivity contribution in [3.63, 3.8) is 0 Å². The molecule has 1 unspecified atom stereocenters. The molecular weight excluding hydrogens is 608 g/mol. The Kier molecular flexibility index (Phi) is 9.51. The molecule has 1 aromatic heterocycles. The molecule has 7 nitrogen and oxygen atoms in total. The number of aliphatic hydroxyl groups is 1. The number of nitrogens with zero attached hydrogens (tertiary/aromatic N) is 1. The number of amides is 1. The molecule has 1 heterocycles. The molecule has 0 aliphatic carbocycles. The first-order chi connectivity index (χ1) is 21.4. The van der Waals surface area contributed by atoms with E-state index < -0.39 is 32.6 Å². The highest BCUT2D eigenvalue weighted by Crippen LogP contribution is 2.28. The van der Waals surface area contributed by atoms with Crippen LogP contribution < -0.4 is 5.32 Å². The van der Waals surface area contributed by atoms with Gasteiger partial charge in [-0.05, 0) is 91.4 Å². The number of benzene rings is 4. The van der Waals surface area contributed by atoms with Gasteiger partial charge >= 0.3 is 0 Å². The minimum atomic E-state index is -4.62. The Bertz CT molecular complexity index is 2000. The van der Waals surface area contributed by atoms with Crippen molar-refractivity contribution in [2.45, 2.75) is 43.2 Å². The maximum atomic E-state index is 13.5. The van der Waals surface area contributed by atoms with Crippen molar-refractivity contribution in [3.05, 3.63) is 142 Å². The van der Waals surface area contributed by atoms with E-state index in [4.69, 9.17) is 11.6 Å². The lowest BCUT2D eigenvalue weighted by Crippen LogP contribution is -2.30. The number of aryl methyl sites for hydroxylation is 1. The van der Waals surface area contributed by atoms with E-state index in [1.807, 2.05) is 91.0 Å². The Morgan fingerprint density at radius 3 is 2.44 bits per heavy atom. The fourth-order valence-electron chi connectivity index (χ4n) is 5.33. The first kappa shape index (κ1) is 32.1. The molecule has 0 fully saturated rings. The molecule has 5 aromatic rings. The molecule has 0 saturated heterocycles. The van der Waals surface area contributed by atoms with Gasteiger partial charge in [0, 0.05) is 10.4 Å². The molecule has 230 valence electrons. The Balaban J connectivity index is 1.46. The second-order valence-corrected chi connectivity index (χ2v) is 13.2. The lowest BCUT2D eigenvalue weighted by atomic mass is 9.89. The number of carbonyl (C=O) groups is 1. The van der Waals surface area contributed by atoms with Crippen LogP contribution in [-0.4, -0.2) is 29.0 Å². The molecule has 0 bridgehead atoms. The monoisotopic (exact) mass is 640 g/mol. The third kappa shape index (κ3) is 8.04. The van der Waals surface area contributed by atoms with Gasteiger partial charge in [0.05, 0.1) is 28.4 Å². The van der Waals surface area contributed by atoms with Gasteiger partial charge in [-0.25, -0.2) is 4.98 Å². The van der Waals surface area contributed by atoms with E-state index in [2.05, 4.69) is 10.3 Å². The number of pyridine rings is 1. The van der Waals surface area contributed by atoms with E-state index in [1.54, 1.807) is 19.9 Å². The normalized spacial score (nSPS) is 12.8. The van der Waals surface area contributed by atoms with E-state index in [0.29, 0.717) is 17.9 Å². The fraction of sp³-hybridized carbons (Fsp3) is 0.167. The number of nitrogens with one attached hydrogen (secondary N) is 1. The molecule has 4 aromatic carbocycles. The predicted molar refractivity (Wildman–Crippen MR) is 179 cm³/mol. The van der Waals surface area contributed by atoms with Crippen LogP contribution in [0.25, 0.3) is 23.1 Å². The number of rotatable bonds is 10. The lowest BCUT2D eigenvalue weighted by Gasteiger charge is -2.24. The third-order valence-corrected chi connectivity index (χ3v) is 8.68. The summed E-state index contributed by atoms with van der Waals surface area (Å²) in [5.74, 6) is -0.635. The standard InChI is InChI=1S/C36H33ClN2O5S/c1-36(2,41)31-12-5-3-9-25(31)17-21-32(39-35(40)30-11-4-6-13-34(30)45(42,43)44)27-10-7-8-24(22-27)14-19-29-20-16-26-15-18-28(37)23-33(26)38-29/h3-16,18-20,22-23,32,41H,17,21H2,1-2H3,(H,39,40)(H,42,43,44)/b19-14+. The summed E-state index contributed by atoms with van der Waals surface area (Å²) in [6, 6.07) is 29.8. The second-order valence-electron chi connectivity index (χ2n) is 11.3. The Labute approximate surface area is 268 Å². The number of hydrogen-bond donors (Lipinski definition) is 3. The largest absolute Gasteiger partial charge is 0.386 e. The molecule has 0 saturated carbocycles. The van der Waals surface area contributed by atoms with Crippen molar-refractivity contribution in [2.24, 2.45) is 0 Å². The predicted octanol–water partition coefficient (Wildman–Crippen LogP) is 7.64. The van der Waals surface area contributed by atoms with Crippen LogP contribution in [0, 0.1) is 0 Å². The Morgan fingerprint density at radius 2 is 1.67 bits per heavy atom. The van der Waals surface area contributed by atoms with E-state index in [1.165, 1.54) is 18.2 Å². The van der Waals surface area contributed by atoms with Gasteiger partial charge in [0.1, 0.15) is 4.90 Å². The van der Waals surface area contributed by atoms with Crippen molar-refractivity contribution in [3.8, 4) is 0 Å². The van der Waals surface area contributed by atoms with Crippen molar-refractivity contribution in [2.75, 3.05) is 0 Å². The van der Waals surface area contributed by atoms with Crippen molar-refractivity contribution >= 4 is 50.7 Å². The third-order valence-electron chi connectivity index (χ3n) is 7.53. The van der Waals surface area contributed by atoms with Crippen molar-refractivity contribution in [1.29, 1.82) is 0 Å². The van der Waals surface area contributed by atoms with Crippen LogP contribution in [0.3, 0.4) is 0 Å². The SMILES string of the molecule is CC(C)(O)c1ccccc1CCC(NC(=O)c1ccccc1S(=O)(=O)O)c1cccc(/C=C/c2ccc3ccc(Cl)cc3n2)c1. The van der Waals surface area contributed by atoms with Gasteiger partial charge in [-0.3, -0.25) is 9.35 Å². The molecular formula is C36H33ClN2O5S. The Hall–Kier alpha value is -4.34. The summed E-state index contributed by atoms with van der Waals surface area (Å²) in [7, 11) is -4.62. The zero-order valence-corrected chi connectivity index (χ0v) is 26.4. The first-order valence-corrected chi connectivity index (χ1v) is 16.2. The van der Waals surface area contributed by atoms with Gasteiger partial charge < -0.3 is 10.4 Å². The maximum absolute atomic E-state index is 13.5. The van der Waals surface area contributed by atoms with Gasteiger partial charge in [0.15, 0.2) is 0 Å². The van der Waals surface area contributed by atoms with E-state index in [0.717, 1.165) is 38.9 Å². The van der Waals surface area contributed by atoms with Crippen LogP contribution in [0.1, 0.15) is 64.6 Å². The smallest absolute Gasteiger partial charge is 0.295 e. The molecule has 1 atom stereocenters. The fourth-order valence-corrected chi connectivity index (χ4v) is 6.19. The minimum Gasteiger partial charge on any atom is -0.386 e. The number of hydrogen-bond acceptors (Lipinski definition) is 5. The van der Waals surface area contributed by atoms with Crippen LogP contribution in [0.4, 0.5) is 0 Å². The van der Waals surface area contributed by atoms with Crippen molar-refractivity contribution < 1.29 is 22.9 Å². The van der Waals surface area contributed by atoms with E-state index in [-0.39, 0.29) is 5.56 Å². The average molecular weight is 641 g/mol. The Morgan fingerprint density at radius 1 is 0.933 bits per heavy atom. The first-order valence-electron chi connectivity index (χ1n) is 14.4. The summed E-state index contributed by atoms with van der Waals surface area (Å²) in [4.78, 5) is 17.7. The summed E-state index contributed by atoms with van der Waals surface area (Å²) in [5, 5.41) is 15.3. The number of halogens is 1. The highest BCUT2D eigenvalue weighted by atomic mass is 35.5. The summed E-state index contributed by atoms with van der Waals surface area (Å²) in [6.45, 7) is 3.46. The quantitative estimate of drug-likeness (QED) is 0.135. The molecule has 5 rings (SSSR count). The van der Waals surface area contributed by atoms with Gasteiger partial charge in [0.2, 0.25) is 0 Å². The van der Waals surface area contributed by atoms with Gasteiger partial charge in [0.25, 0.3) is 16.0 Å². The summed E-state index contributed by atoms with van der Waals surface area (Å²) in [5.41, 5.74) is 3.72. The summed E-state index contributed by atoms with van der Waals surface area (Å²) >= 11 is 6.15. The second kappa shape index (κ2) is 13.3. The number of fused-ring (bicyclic) bond motifs is 1. The molecule has 9 heteroatoms. The molecule has 0 radical (unpaired) electrons. The van der Waals surface area contributed by atoms with Crippen LogP contribution >= 0.6 is 11.6 Å². The zero-order valence-electron chi connectivity index (χ0n) is 24.8. The van der Waals surface area contributed by atoms with E-state index in [9.17, 15) is 22.9 Å². The van der Waals surface area contributed by atoms with Gasteiger partial charge in [-0.2, -0.15) is 8.42 Å². The molecule has 1 amide bonds. The number of aromatic nitrogens is 1. The van der Waals surface area contributed by atoms with Crippen LogP contribution in [0.15, 0.2) is 108 Å². The lowest BCUT2D eigenvalue weighted by molar-refractivity contribution is 0.0774. The molecule has 45 heavy (non-hydrogen) atoms. The molecule has 0 aliphatic heterocycles. The van der Waals surface area contributed by atoms with Crippen LogP contribution in [0.2, 0.25) is 5.02 Å². The van der Waals surface area contributed by atoms with Gasteiger partial charge in [-0.15, -0.1) is 0 Å². The van der Waals surface area contributed by atoms with Crippen molar-refractivity contribution in [1.82, 2.24) is 10.3 Å². The summed E-state index contributed by atoms with van der Waals surface area (Å²) < 4.78 is 33.8. The van der Waals surface area contributed by atoms with Crippen LogP contribution in [-0.2, 0) is 22.1 Å². The number of carbonyl (C=O) groups excluding carboxylic acids is 1. The highest BCUT2D eigenvalue weighted by molar-refractivity contribution is 7.86. The topological polar surface area (TPSA) is 117 Å². The van der Waals surface area contributed by atoms with Gasteiger partial charge in [-0.1, -0.05) is 84.4 Å². The molecule has 0 spiro atoms. The highest BCUT2D eigenvalue weighted by Gasteiger charge is 2.24. The van der Waals surface area contributed by atoms with E-state index >= 15 is 0 Å². The maximum Gasteiger partial charge on any atom is 0.295 e.